The van der Waals surface area contributed by atoms with E-state index in [-0.39, 0.29) is 25.7 Å². The molecule has 10 nitrogen and oxygen atoms in total. The molecule has 2 heterocycles. The van der Waals surface area contributed by atoms with Crippen LogP contribution < -0.4 is 16.0 Å². The monoisotopic (exact) mass is 479 g/mol. The van der Waals surface area contributed by atoms with E-state index in [1.54, 1.807) is 0 Å². The molecule has 35 heavy (non-hydrogen) atoms. The molecule has 1 aliphatic carbocycles. The summed E-state index contributed by atoms with van der Waals surface area (Å²) in [5, 5.41) is 16.8. The molecule has 2 fully saturated rings. The minimum Gasteiger partial charge on any atom is -0.481 e. The number of ether oxygens (including phenoxy) is 2. The third-order valence-electron chi connectivity index (χ3n) is 6.79. The lowest BCUT2D eigenvalue weighted by atomic mass is 9.98. The third-order valence-corrected chi connectivity index (χ3v) is 6.79. The van der Waals surface area contributed by atoms with Crippen LogP contribution in [-0.2, 0) is 23.9 Å². The number of carbonyl (C=O) groups excluding carboxylic acids is 3. The highest BCUT2D eigenvalue weighted by Crippen LogP contribution is 2.44. The van der Waals surface area contributed by atoms with E-state index >= 15 is 0 Å². The first-order valence-corrected chi connectivity index (χ1v) is 11.5. The first-order chi connectivity index (χ1) is 16.9. The molecule has 2 aliphatic heterocycles. The van der Waals surface area contributed by atoms with Gasteiger partial charge in [-0.05, 0) is 28.7 Å². The summed E-state index contributed by atoms with van der Waals surface area (Å²) in [6.45, 7) is 0.296. The van der Waals surface area contributed by atoms with E-state index in [1.807, 2.05) is 48.5 Å². The van der Waals surface area contributed by atoms with Crippen molar-refractivity contribution >= 4 is 23.9 Å². The summed E-state index contributed by atoms with van der Waals surface area (Å²) < 4.78 is 11.0. The van der Waals surface area contributed by atoms with Crippen molar-refractivity contribution < 1.29 is 33.8 Å². The van der Waals surface area contributed by atoms with Gasteiger partial charge < -0.3 is 30.5 Å². The quantitative estimate of drug-likeness (QED) is 0.484. The van der Waals surface area contributed by atoms with Crippen molar-refractivity contribution in [2.24, 2.45) is 5.92 Å². The van der Waals surface area contributed by atoms with E-state index in [2.05, 4.69) is 16.0 Å². The number of nitrogens with one attached hydrogen (secondary N) is 3. The highest BCUT2D eigenvalue weighted by molar-refractivity contribution is 5.95. The molecule has 0 aromatic heterocycles. The van der Waals surface area contributed by atoms with Gasteiger partial charge in [0.1, 0.15) is 18.6 Å². The van der Waals surface area contributed by atoms with Gasteiger partial charge in [-0.3, -0.25) is 14.4 Å². The van der Waals surface area contributed by atoms with E-state index in [4.69, 9.17) is 9.47 Å². The van der Waals surface area contributed by atoms with Gasteiger partial charge >= 0.3 is 12.1 Å². The molecule has 0 saturated carbocycles. The van der Waals surface area contributed by atoms with E-state index in [9.17, 15) is 24.3 Å². The molecule has 0 bridgehead atoms. The molecule has 4 N–H and O–H groups in total. The summed E-state index contributed by atoms with van der Waals surface area (Å²) >= 11 is 0. The van der Waals surface area contributed by atoms with Gasteiger partial charge in [0, 0.05) is 19.1 Å². The average Bonchev–Trinajstić information content (AvgIpc) is 3.54. The van der Waals surface area contributed by atoms with Crippen LogP contribution in [0.25, 0.3) is 11.1 Å². The number of rotatable bonds is 6. The minimum atomic E-state index is -1.20. The molecule has 5 rings (SSSR count). The first-order valence-electron chi connectivity index (χ1n) is 11.5. The van der Waals surface area contributed by atoms with Crippen LogP contribution in [0.2, 0.25) is 0 Å². The average molecular weight is 479 g/mol. The maximum Gasteiger partial charge on any atom is 0.407 e. The molecule has 0 radical (unpaired) electrons. The highest BCUT2D eigenvalue weighted by Gasteiger charge is 2.44. The van der Waals surface area contributed by atoms with Gasteiger partial charge in [0.15, 0.2) is 6.10 Å². The van der Waals surface area contributed by atoms with Crippen molar-refractivity contribution in [1.82, 2.24) is 16.0 Å². The Morgan fingerprint density at radius 2 is 1.69 bits per heavy atom. The number of aliphatic carboxylic acids is 1. The zero-order chi connectivity index (χ0) is 24.5. The van der Waals surface area contributed by atoms with Gasteiger partial charge in [0.05, 0.1) is 6.04 Å². The molecular formula is C25H25N3O7. The van der Waals surface area contributed by atoms with Crippen LogP contribution in [0.15, 0.2) is 48.5 Å². The number of carboxylic acids is 1. The Morgan fingerprint density at radius 1 is 1.03 bits per heavy atom. The summed E-state index contributed by atoms with van der Waals surface area (Å²) in [5.74, 6) is -3.57. The van der Waals surface area contributed by atoms with Crippen molar-refractivity contribution in [3.05, 3.63) is 59.7 Å². The Bertz CT molecular complexity index is 1140. The number of hydrogen-bond donors (Lipinski definition) is 4. The molecular weight excluding hydrogens is 454 g/mol. The van der Waals surface area contributed by atoms with Gasteiger partial charge in [-0.1, -0.05) is 48.5 Å². The summed E-state index contributed by atoms with van der Waals surface area (Å²) in [5.41, 5.74) is 4.42. The van der Waals surface area contributed by atoms with Gasteiger partial charge in [0.25, 0.3) is 5.91 Å². The molecule has 2 aromatic rings. The van der Waals surface area contributed by atoms with Crippen LogP contribution in [0, 0.1) is 5.92 Å². The molecule has 2 saturated heterocycles. The number of carboxylic acid groups (broad SMARTS) is 1. The number of alkyl carbamates (subject to hydrolysis) is 1. The number of amides is 3. The summed E-state index contributed by atoms with van der Waals surface area (Å²) in [6.07, 6.45) is -1.36. The summed E-state index contributed by atoms with van der Waals surface area (Å²) in [6, 6.07) is 14.1. The SMILES string of the molecule is O=C(N[C@@H]1CCO[C@@H]1C(=O)NC1C(=O)NCC1C(=O)O)OCC1c2ccccc2-c2ccccc21. The first kappa shape index (κ1) is 22.9. The van der Waals surface area contributed by atoms with E-state index < -0.39 is 48.0 Å². The topological polar surface area (TPSA) is 143 Å². The molecule has 0 spiro atoms. The van der Waals surface area contributed by atoms with E-state index in [0.29, 0.717) is 6.42 Å². The predicted octanol–water partition coefficient (Wildman–Crippen LogP) is 0.998. The fraction of sp³-hybridized carbons (Fsp3) is 0.360. The van der Waals surface area contributed by atoms with Crippen LogP contribution in [-0.4, -0.2) is 66.9 Å². The fourth-order valence-electron chi connectivity index (χ4n) is 5.04. The highest BCUT2D eigenvalue weighted by atomic mass is 16.6. The maximum atomic E-state index is 12.7. The van der Waals surface area contributed by atoms with Crippen LogP contribution in [0.3, 0.4) is 0 Å². The lowest BCUT2D eigenvalue weighted by molar-refractivity contribution is -0.144. The van der Waals surface area contributed by atoms with Crippen molar-refractivity contribution in [3.8, 4) is 11.1 Å². The predicted molar refractivity (Wildman–Crippen MR) is 122 cm³/mol. The molecule has 3 aliphatic rings. The second kappa shape index (κ2) is 9.38. The second-order valence-corrected chi connectivity index (χ2v) is 8.83. The van der Waals surface area contributed by atoms with Crippen LogP contribution in [0.1, 0.15) is 23.5 Å². The van der Waals surface area contributed by atoms with Crippen LogP contribution in [0.5, 0.6) is 0 Å². The zero-order valence-corrected chi connectivity index (χ0v) is 18.7. The van der Waals surface area contributed by atoms with Crippen LogP contribution in [0.4, 0.5) is 4.79 Å². The molecule has 182 valence electrons. The number of carbonyl (C=O) groups is 4. The Kier molecular flexibility index (Phi) is 6.12. The minimum absolute atomic E-state index is 0.0634. The standard InChI is InChI=1S/C25H25N3O7/c29-22-20(17(11-26-22)24(31)32)28-23(30)21-19(9-10-34-21)27-25(33)35-12-18-15-7-3-1-5-13(15)14-6-2-4-8-16(14)18/h1-8,17-21H,9-12H2,(H,26,29)(H,27,33)(H,28,30)(H,31,32)/t17?,19-,20?,21+/m1/s1. The Morgan fingerprint density at radius 3 is 2.34 bits per heavy atom. The Balaban J connectivity index is 1.20. The zero-order valence-electron chi connectivity index (χ0n) is 18.7. The third kappa shape index (κ3) is 4.32. The number of hydrogen-bond acceptors (Lipinski definition) is 6. The number of benzene rings is 2. The number of fused-ring (bicyclic) bond motifs is 3. The smallest absolute Gasteiger partial charge is 0.407 e. The van der Waals surface area contributed by atoms with Crippen molar-refractivity contribution in [3.63, 3.8) is 0 Å². The second-order valence-electron chi connectivity index (χ2n) is 8.83. The van der Waals surface area contributed by atoms with Crippen molar-refractivity contribution in [2.45, 2.75) is 30.5 Å². The van der Waals surface area contributed by atoms with E-state index in [0.717, 1.165) is 22.3 Å². The maximum absolute atomic E-state index is 12.7. The molecule has 10 heteroatoms. The largest absolute Gasteiger partial charge is 0.481 e. The van der Waals surface area contributed by atoms with Crippen molar-refractivity contribution in [2.75, 3.05) is 19.8 Å². The lowest BCUT2D eigenvalue weighted by Gasteiger charge is -2.22. The van der Waals surface area contributed by atoms with Crippen molar-refractivity contribution in [1.29, 1.82) is 0 Å². The lowest BCUT2D eigenvalue weighted by Crippen LogP contribution is -2.53. The van der Waals surface area contributed by atoms with E-state index in [1.165, 1.54) is 0 Å². The summed E-state index contributed by atoms with van der Waals surface area (Å²) in [7, 11) is 0. The Labute approximate surface area is 201 Å². The van der Waals surface area contributed by atoms with Gasteiger partial charge in [-0.15, -0.1) is 0 Å². The summed E-state index contributed by atoms with van der Waals surface area (Å²) in [4.78, 5) is 48.7. The molecule has 2 aromatic carbocycles. The molecule has 4 atom stereocenters. The van der Waals surface area contributed by atoms with Gasteiger partial charge in [0.2, 0.25) is 5.91 Å². The van der Waals surface area contributed by atoms with Crippen LogP contribution >= 0.6 is 0 Å². The molecule has 3 amide bonds. The van der Waals surface area contributed by atoms with Gasteiger partial charge in [-0.2, -0.15) is 0 Å². The molecule has 2 unspecified atom stereocenters. The normalized spacial score (nSPS) is 24.9. The Hall–Kier alpha value is -3.92. The van der Waals surface area contributed by atoms with Gasteiger partial charge in [-0.25, -0.2) is 4.79 Å². The fourth-order valence-corrected chi connectivity index (χ4v) is 5.04.